The number of nitrogen functional groups attached to an aromatic ring is 1. The van der Waals surface area contributed by atoms with Crippen LogP contribution < -0.4 is 16.8 Å². The van der Waals surface area contributed by atoms with E-state index in [9.17, 15) is 4.39 Å². The number of hydrogen-bond acceptors (Lipinski definition) is 5. The van der Waals surface area contributed by atoms with Gasteiger partial charge in [0, 0.05) is 24.6 Å². The standard InChI is InChI=1S/C17H22FN5.2ClH/c18-14-6-2-1-4-11(14)5-3-7-21-16-10-15(22-17(20)23-16)12-8-13(19)9-12;;/h1-2,4,6,10,12-13H,3,5,7-9,19H2,(H3,20,21,22,23);2*1H. The quantitative estimate of drug-likeness (QED) is 0.661. The topological polar surface area (TPSA) is 89.8 Å². The molecule has 0 bridgehead atoms. The minimum Gasteiger partial charge on any atom is -0.370 e. The molecular formula is C17H24Cl2FN5. The molecule has 0 unspecified atom stereocenters. The minimum absolute atomic E-state index is 0. The molecule has 5 nitrogen and oxygen atoms in total. The first kappa shape index (κ1) is 21.4. The van der Waals surface area contributed by atoms with Crippen molar-refractivity contribution in [2.45, 2.75) is 37.6 Å². The molecule has 3 rings (SSSR count). The van der Waals surface area contributed by atoms with E-state index in [4.69, 9.17) is 11.5 Å². The molecule has 0 amide bonds. The van der Waals surface area contributed by atoms with Crippen LogP contribution in [0.25, 0.3) is 0 Å². The van der Waals surface area contributed by atoms with Crippen molar-refractivity contribution in [2.75, 3.05) is 17.6 Å². The van der Waals surface area contributed by atoms with Gasteiger partial charge in [0.05, 0.1) is 5.69 Å². The van der Waals surface area contributed by atoms with Gasteiger partial charge in [-0.2, -0.15) is 4.98 Å². The van der Waals surface area contributed by atoms with E-state index in [0.717, 1.165) is 36.3 Å². The van der Waals surface area contributed by atoms with E-state index in [1.54, 1.807) is 6.07 Å². The van der Waals surface area contributed by atoms with Crippen LogP contribution in [0.1, 0.15) is 36.4 Å². The highest BCUT2D eigenvalue weighted by molar-refractivity contribution is 5.85. The Labute approximate surface area is 159 Å². The van der Waals surface area contributed by atoms with E-state index in [1.165, 1.54) is 6.07 Å². The van der Waals surface area contributed by atoms with Crippen molar-refractivity contribution >= 4 is 36.6 Å². The second kappa shape index (κ2) is 9.75. The smallest absolute Gasteiger partial charge is 0.222 e. The summed E-state index contributed by atoms with van der Waals surface area (Å²) in [5, 5.41) is 3.25. The fourth-order valence-corrected chi connectivity index (χ4v) is 2.88. The predicted octanol–water partition coefficient (Wildman–Crippen LogP) is 3.29. The van der Waals surface area contributed by atoms with Crippen molar-refractivity contribution in [3.63, 3.8) is 0 Å². The van der Waals surface area contributed by atoms with Crippen LogP contribution >= 0.6 is 24.8 Å². The Bertz CT molecular complexity index is 680. The van der Waals surface area contributed by atoms with Crippen molar-refractivity contribution in [1.29, 1.82) is 0 Å². The molecule has 138 valence electrons. The summed E-state index contributed by atoms with van der Waals surface area (Å²) in [6.07, 6.45) is 3.39. The number of aromatic nitrogens is 2. The Hall–Kier alpha value is -1.63. The summed E-state index contributed by atoms with van der Waals surface area (Å²) in [5.41, 5.74) is 13.3. The van der Waals surface area contributed by atoms with E-state index < -0.39 is 0 Å². The van der Waals surface area contributed by atoms with Crippen LogP contribution in [0.15, 0.2) is 30.3 Å². The molecule has 1 fully saturated rings. The Morgan fingerprint density at radius 1 is 1.16 bits per heavy atom. The fraction of sp³-hybridized carbons (Fsp3) is 0.412. The Balaban J connectivity index is 0.00000156. The van der Waals surface area contributed by atoms with Gasteiger partial charge in [-0.1, -0.05) is 18.2 Å². The van der Waals surface area contributed by atoms with Gasteiger partial charge in [0.15, 0.2) is 0 Å². The van der Waals surface area contributed by atoms with Crippen LogP contribution in [0.5, 0.6) is 0 Å². The van der Waals surface area contributed by atoms with Crippen molar-refractivity contribution in [3.8, 4) is 0 Å². The van der Waals surface area contributed by atoms with Gasteiger partial charge in [-0.25, -0.2) is 9.37 Å². The zero-order chi connectivity index (χ0) is 16.2. The van der Waals surface area contributed by atoms with Crippen molar-refractivity contribution < 1.29 is 4.39 Å². The number of nitrogens with two attached hydrogens (primary N) is 2. The maximum Gasteiger partial charge on any atom is 0.222 e. The van der Waals surface area contributed by atoms with Gasteiger partial charge in [0.25, 0.3) is 0 Å². The van der Waals surface area contributed by atoms with Crippen LogP contribution in [0.2, 0.25) is 0 Å². The van der Waals surface area contributed by atoms with Crippen molar-refractivity contribution in [1.82, 2.24) is 9.97 Å². The van der Waals surface area contributed by atoms with Crippen LogP contribution in [0, 0.1) is 5.82 Å². The molecule has 0 aliphatic heterocycles. The lowest BCUT2D eigenvalue weighted by Gasteiger charge is -2.32. The average molecular weight is 388 g/mol. The predicted molar refractivity (Wildman–Crippen MR) is 104 cm³/mol. The largest absolute Gasteiger partial charge is 0.370 e. The van der Waals surface area contributed by atoms with Gasteiger partial charge < -0.3 is 16.8 Å². The van der Waals surface area contributed by atoms with Crippen LogP contribution in [0.3, 0.4) is 0 Å². The van der Waals surface area contributed by atoms with E-state index >= 15 is 0 Å². The third kappa shape index (κ3) is 5.70. The molecule has 0 saturated heterocycles. The maximum atomic E-state index is 13.5. The lowest BCUT2D eigenvalue weighted by atomic mass is 9.78. The Morgan fingerprint density at radius 2 is 1.88 bits per heavy atom. The first-order valence-electron chi connectivity index (χ1n) is 7.99. The summed E-state index contributed by atoms with van der Waals surface area (Å²) >= 11 is 0. The van der Waals surface area contributed by atoms with E-state index in [1.807, 2.05) is 18.2 Å². The number of benzene rings is 1. The number of hydrogen-bond donors (Lipinski definition) is 3. The zero-order valence-electron chi connectivity index (χ0n) is 13.8. The summed E-state index contributed by atoms with van der Waals surface area (Å²) in [7, 11) is 0. The maximum absolute atomic E-state index is 13.5. The molecule has 0 spiro atoms. The van der Waals surface area contributed by atoms with Crippen molar-refractivity contribution in [3.05, 3.63) is 47.4 Å². The molecule has 0 atom stereocenters. The highest BCUT2D eigenvalue weighted by Crippen LogP contribution is 2.35. The van der Waals surface area contributed by atoms with Crippen LogP contribution in [-0.4, -0.2) is 22.6 Å². The Morgan fingerprint density at radius 3 is 2.56 bits per heavy atom. The number of anilines is 2. The van der Waals surface area contributed by atoms with Crippen molar-refractivity contribution in [2.24, 2.45) is 5.73 Å². The number of nitrogens with one attached hydrogen (secondary N) is 1. The summed E-state index contributed by atoms with van der Waals surface area (Å²) < 4.78 is 13.5. The normalized spacial score (nSPS) is 18.5. The second-order valence-corrected chi connectivity index (χ2v) is 6.09. The first-order valence-corrected chi connectivity index (χ1v) is 7.99. The van der Waals surface area contributed by atoms with E-state index in [2.05, 4.69) is 15.3 Å². The van der Waals surface area contributed by atoms with E-state index in [0.29, 0.717) is 18.9 Å². The third-order valence-corrected chi connectivity index (χ3v) is 4.24. The molecule has 1 aliphatic carbocycles. The number of aryl methyl sites for hydroxylation is 1. The molecule has 2 aromatic rings. The molecule has 5 N–H and O–H groups in total. The lowest BCUT2D eigenvalue weighted by Crippen LogP contribution is -2.35. The molecule has 1 heterocycles. The summed E-state index contributed by atoms with van der Waals surface area (Å²) in [6.45, 7) is 0.703. The fourth-order valence-electron chi connectivity index (χ4n) is 2.88. The SMILES string of the molecule is Cl.Cl.Nc1nc(NCCCc2ccccc2F)cc(C2CC(N)C2)n1. The van der Waals surface area contributed by atoms with E-state index in [-0.39, 0.29) is 42.6 Å². The third-order valence-electron chi connectivity index (χ3n) is 4.24. The molecule has 1 aliphatic rings. The van der Waals surface area contributed by atoms with Gasteiger partial charge in [-0.3, -0.25) is 0 Å². The monoisotopic (exact) mass is 387 g/mol. The summed E-state index contributed by atoms with van der Waals surface area (Å²) in [6, 6.07) is 9.07. The molecule has 1 aromatic heterocycles. The van der Waals surface area contributed by atoms with Gasteiger partial charge in [-0.05, 0) is 37.3 Å². The van der Waals surface area contributed by atoms with Gasteiger partial charge >= 0.3 is 0 Å². The van der Waals surface area contributed by atoms with Crippen LogP contribution in [-0.2, 0) is 6.42 Å². The zero-order valence-corrected chi connectivity index (χ0v) is 15.5. The molecule has 1 aromatic carbocycles. The van der Waals surface area contributed by atoms with Gasteiger partial charge in [0.1, 0.15) is 11.6 Å². The minimum atomic E-state index is -0.151. The summed E-state index contributed by atoms with van der Waals surface area (Å²) in [5.74, 6) is 1.23. The van der Waals surface area contributed by atoms with Crippen LogP contribution in [0.4, 0.5) is 16.2 Å². The highest BCUT2D eigenvalue weighted by atomic mass is 35.5. The number of halogens is 3. The highest BCUT2D eigenvalue weighted by Gasteiger charge is 2.29. The first-order chi connectivity index (χ1) is 11.1. The molecule has 1 saturated carbocycles. The summed E-state index contributed by atoms with van der Waals surface area (Å²) in [4.78, 5) is 8.51. The van der Waals surface area contributed by atoms with Gasteiger partial charge in [-0.15, -0.1) is 24.8 Å². The second-order valence-electron chi connectivity index (χ2n) is 6.09. The molecule has 25 heavy (non-hydrogen) atoms. The number of nitrogens with zero attached hydrogens (tertiary/aromatic N) is 2. The Kier molecular flexibility index (Phi) is 8.35. The molecule has 8 heteroatoms. The molecular weight excluding hydrogens is 364 g/mol. The lowest BCUT2D eigenvalue weighted by molar-refractivity contribution is 0.345. The van der Waals surface area contributed by atoms with Gasteiger partial charge in [0.2, 0.25) is 5.95 Å². The molecule has 0 radical (unpaired) electrons. The average Bonchev–Trinajstić information content (AvgIpc) is 2.49. The number of rotatable bonds is 6.